The lowest BCUT2D eigenvalue weighted by molar-refractivity contribution is 0.0976. The van der Waals surface area contributed by atoms with Gasteiger partial charge in [-0.1, -0.05) is 36.4 Å². The highest BCUT2D eigenvalue weighted by Crippen LogP contribution is 2.22. The van der Waals surface area contributed by atoms with Gasteiger partial charge >= 0.3 is 0 Å². The summed E-state index contributed by atoms with van der Waals surface area (Å²) >= 11 is 0. The third-order valence-corrected chi connectivity index (χ3v) is 9.11. The van der Waals surface area contributed by atoms with Crippen LogP contribution in [0.1, 0.15) is 31.1 Å². The molecule has 3 aromatic rings. The van der Waals surface area contributed by atoms with E-state index >= 15 is 0 Å². The Bertz CT molecular complexity index is 1820. The minimum atomic E-state index is -3.55. The highest BCUT2D eigenvalue weighted by molar-refractivity contribution is 7.91. The Kier molecular flexibility index (Phi) is 11.1. The number of carbonyl (C=O) groups excluding carboxylic acids is 3. The number of carbonyl (C=O) groups is 3. The van der Waals surface area contributed by atoms with Crippen molar-refractivity contribution in [2.24, 2.45) is 5.14 Å². The van der Waals surface area contributed by atoms with Gasteiger partial charge in [-0.25, -0.2) is 53.0 Å². The van der Waals surface area contributed by atoms with Crippen molar-refractivity contribution >= 4 is 58.7 Å². The monoisotopic (exact) mass is 674 g/mol. The molecule has 0 saturated heterocycles. The molecule has 0 radical (unpaired) electrons. The van der Waals surface area contributed by atoms with Gasteiger partial charge in [0.05, 0.1) is 16.7 Å². The van der Waals surface area contributed by atoms with Crippen LogP contribution in [0.2, 0.25) is 0 Å². The van der Waals surface area contributed by atoms with Crippen LogP contribution in [0.5, 0.6) is 0 Å². The zero-order chi connectivity index (χ0) is 32.6. The van der Waals surface area contributed by atoms with Crippen molar-refractivity contribution in [3.63, 3.8) is 0 Å². The van der Waals surface area contributed by atoms with Gasteiger partial charge in [0.1, 0.15) is 14.7 Å². The third-order valence-electron chi connectivity index (χ3n) is 4.94. The summed E-state index contributed by atoms with van der Waals surface area (Å²) in [6.45, 7) is 0. The second kappa shape index (κ2) is 13.9. The van der Waals surface area contributed by atoms with E-state index in [9.17, 15) is 39.6 Å². The normalized spacial score (nSPS) is 16.5. The average Bonchev–Trinajstić information content (AvgIpc) is 3.42. The van der Waals surface area contributed by atoms with Gasteiger partial charge < -0.3 is 0 Å². The van der Waals surface area contributed by atoms with Crippen LogP contribution in [-0.2, 0) is 41.0 Å². The fourth-order valence-corrected chi connectivity index (χ4v) is 6.88. The Labute approximate surface area is 245 Å². The van der Waals surface area contributed by atoms with Gasteiger partial charge in [-0.2, -0.15) is 0 Å². The quantitative estimate of drug-likeness (QED) is 0.0591. The van der Waals surface area contributed by atoms with Crippen LogP contribution >= 0.6 is 0 Å². The predicted molar refractivity (Wildman–Crippen MR) is 147 cm³/mol. The summed E-state index contributed by atoms with van der Waals surface area (Å²) in [7, 11) is -13.3. The Hall–Kier alpha value is -4.86. The Morgan fingerprint density at radius 2 is 0.767 bits per heavy atom. The Balaban J connectivity index is 0.000000203. The van der Waals surface area contributed by atoms with Crippen LogP contribution < -0.4 is 19.3 Å². The zero-order valence-electron chi connectivity index (χ0n) is 21.1. The maximum absolute atomic E-state index is 11.1. The standard InChI is InChI=1S/3C7H5NO3S.HN3.H3NO2S/c3*9-7-5-3-1-2-4-6(5)12(10,11)8-7;1-3-2;1-4(2)3/h3*1-4H,(H,8,9);1H;4H,(H2,1,2,3)/i7+1;;;;. The molecule has 0 unspecified atom stereocenters. The molecule has 3 heterocycles. The van der Waals surface area contributed by atoms with Crippen LogP contribution in [0.4, 0.5) is 0 Å². The van der Waals surface area contributed by atoms with Crippen molar-refractivity contribution in [2.45, 2.75) is 14.7 Å². The molecule has 0 saturated carbocycles. The molecule has 6 rings (SSSR count). The SMILES string of the molecule is N[SH](=O)=O.O=C1NS(=O)(=O)c2ccccc21.O=C1NS(=O)(=O)c2ccccc21.O=[13C]1NS(=O)(=O)c2ccccc21.[N-]=[N+]=N. The molecule has 228 valence electrons. The summed E-state index contributed by atoms with van der Waals surface area (Å²) in [6, 6.07) is 18.3. The van der Waals surface area contributed by atoms with Gasteiger partial charge in [-0.3, -0.25) is 14.4 Å². The van der Waals surface area contributed by atoms with Crippen molar-refractivity contribution in [1.82, 2.24) is 14.2 Å². The van der Waals surface area contributed by atoms with Crippen LogP contribution in [0.3, 0.4) is 0 Å². The van der Waals surface area contributed by atoms with Crippen molar-refractivity contribution < 1.29 is 48.1 Å². The smallest absolute Gasteiger partial charge is 0.266 e. The molecule has 0 fully saturated rings. The number of hydrogen-bond acceptors (Lipinski definition) is 12. The van der Waals surface area contributed by atoms with Crippen molar-refractivity contribution in [2.75, 3.05) is 0 Å². The maximum Gasteiger partial charge on any atom is 0.266 e. The van der Waals surface area contributed by atoms with E-state index in [1.54, 1.807) is 41.3 Å². The van der Waals surface area contributed by atoms with Crippen LogP contribution in [0, 0.1) is 5.53 Å². The number of amides is 3. The van der Waals surface area contributed by atoms with Gasteiger partial charge in [-0.15, -0.1) is 5.53 Å². The summed E-state index contributed by atoms with van der Waals surface area (Å²) in [5, 5.41) is 4.06. The summed E-state index contributed by atoms with van der Waals surface area (Å²) in [5.74, 6) is -1.65. The summed E-state index contributed by atoms with van der Waals surface area (Å²) in [5.41, 5.74) is 12.9. The average molecular weight is 675 g/mol. The largest absolute Gasteiger partial charge is 0.268 e. The van der Waals surface area contributed by atoms with E-state index in [0.717, 1.165) is 0 Å². The molecule has 6 N–H and O–H groups in total. The lowest BCUT2D eigenvalue weighted by atomic mass is 10.2. The summed E-state index contributed by atoms with van der Waals surface area (Å²) in [4.78, 5) is 34.9. The van der Waals surface area contributed by atoms with Gasteiger partial charge in [0.2, 0.25) is 0 Å². The van der Waals surface area contributed by atoms with E-state index in [1.807, 2.05) is 14.2 Å². The van der Waals surface area contributed by atoms with Gasteiger partial charge in [0.15, 0.2) is 10.9 Å². The molecular formula is C21H19N7O11S4. The summed E-state index contributed by atoms with van der Waals surface area (Å²) in [6.07, 6.45) is 0. The van der Waals surface area contributed by atoms with Crippen molar-refractivity contribution in [1.29, 1.82) is 5.53 Å². The van der Waals surface area contributed by atoms with Crippen LogP contribution in [0.25, 0.3) is 10.4 Å². The second-order valence-electron chi connectivity index (χ2n) is 7.68. The molecule has 3 aromatic carbocycles. The fraction of sp³-hybridized carbons (Fsp3) is 0. The molecule has 0 bridgehead atoms. The highest BCUT2D eigenvalue weighted by Gasteiger charge is 2.33. The molecule has 0 atom stereocenters. The van der Waals surface area contributed by atoms with E-state index in [2.05, 4.69) is 5.14 Å². The number of hydrogen-bond donors (Lipinski definition) is 6. The topological polar surface area (TPSA) is 310 Å². The van der Waals surface area contributed by atoms with Crippen molar-refractivity contribution in [3.8, 4) is 0 Å². The molecular weight excluding hydrogens is 656 g/mol. The first-order chi connectivity index (χ1) is 20.0. The number of thiol groups is 1. The first kappa shape index (κ1) is 34.3. The first-order valence-corrected chi connectivity index (χ1v) is 16.6. The van der Waals surface area contributed by atoms with E-state index in [1.165, 1.54) is 36.4 Å². The number of sulfonamides is 3. The molecule has 3 aliphatic heterocycles. The molecule has 3 amide bonds. The molecule has 3 aliphatic rings. The molecule has 0 aromatic heterocycles. The molecule has 0 spiro atoms. The van der Waals surface area contributed by atoms with Crippen LogP contribution in [0.15, 0.2) is 87.5 Å². The molecule has 43 heavy (non-hydrogen) atoms. The number of nitrogens with one attached hydrogen (secondary N) is 4. The zero-order valence-corrected chi connectivity index (χ0v) is 24.4. The lowest BCUT2D eigenvalue weighted by Gasteiger charge is -1.91. The maximum atomic E-state index is 11.1. The second-order valence-corrected chi connectivity index (χ2v) is 13.2. The molecule has 18 nitrogen and oxygen atoms in total. The van der Waals surface area contributed by atoms with Crippen molar-refractivity contribution in [3.05, 3.63) is 99.9 Å². The highest BCUT2D eigenvalue weighted by atomic mass is 32.2. The van der Waals surface area contributed by atoms with Gasteiger partial charge in [0, 0.05) is 0 Å². The number of nitrogens with zero attached hydrogens (tertiary/aromatic N) is 2. The van der Waals surface area contributed by atoms with E-state index in [-0.39, 0.29) is 31.4 Å². The Morgan fingerprint density at radius 1 is 0.581 bits per heavy atom. The minimum absolute atomic E-state index is 0.0648. The fourth-order valence-electron chi connectivity index (χ4n) is 3.36. The van der Waals surface area contributed by atoms with E-state index in [4.69, 9.17) is 19.5 Å². The lowest BCUT2D eigenvalue weighted by Crippen LogP contribution is -2.20. The number of nitrogens with two attached hydrogens (primary N) is 1. The number of rotatable bonds is 0. The van der Waals surface area contributed by atoms with E-state index < -0.39 is 58.7 Å². The van der Waals surface area contributed by atoms with Gasteiger partial charge in [0.25, 0.3) is 47.8 Å². The summed E-state index contributed by atoms with van der Waals surface area (Å²) < 4.78 is 90.1. The minimum Gasteiger partial charge on any atom is -0.268 e. The molecule has 0 aliphatic carbocycles. The predicted octanol–water partition coefficient (Wildman–Crippen LogP) is -0.297. The molecule has 22 heteroatoms. The first-order valence-electron chi connectivity index (χ1n) is 10.9. The van der Waals surface area contributed by atoms with Crippen LogP contribution in [-0.4, -0.2) is 51.4 Å². The van der Waals surface area contributed by atoms with Gasteiger partial charge in [-0.05, 0) is 46.8 Å². The Morgan fingerprint density at radius 3 is 0.953 bits per heavy atom. The third kappa shape index (κ3) is 8.57. The van der Waals surface area contributed by atoms with E-state index in [0.29, 0.717) is 0 Å². The number of benzene rings is 3. The number of fused-ring (bicyclic) bond motifs is 3.